The van der Waals surface area contributed by atoms with E-state index in [-0.39, 0.29) is 0 Å². The molecule has 0 aliphatic heterocycles. The fourth-order valence-electron chi connectivity index (χ4n) is 3.53. The van der Waals surface area contributed by atoms with Crippen LogP contribution in [0.15, 0.2) is 66.7 Å². The predicted molar refractivity (Wildman–Crippen MR) is 100 cm³/mol. The van der Waals surface area contributed by atoms with Crippen molar-refractivity contribution in [1.82, 2.24) is 4.57 Å². The Kier molecular flexibility index (Phi) is 3.66. The number of aldehydes is 1. The molecule has 24 heavy (non-hydrogen) atoms. The van der Waals surface area contributed by atoms with E-state index in [9.17, 15) is 4.79 Å². The van der Waals surface area contributed by atoms with Crippen molar-refractivity contribution in [2.45, 2.75) is 19.8 Å². The summed E-state index contributed by atoms with van der Waals surface area (Å²) in [6.07, 6.45) is 3.08. The highest BCUT2D eigenvalue weighted by Crippen LogP contribution is 2.33. The Morgan fingerprint density at radius 3 is 2.46 bits per heavy atom. The molecule has 0 N–H and O–H groups in total. The number of aryl methyl sites for hydroxylation is 1. The van der Waals surface area contributed by atoms with Crippen molar-refractivity contribution < 1.29 is 4.79 Å². The molecule has 2 heteroatoms. The lowest BCUT2D eigenvalue weighted by atomic mass is 10.1. The molecule has 118 valence electrons. The molecule has 4 aromatic rings. The van der Waals surface area contributed by atoms with E-state index in [1.165, 1.54) is 22.2 Å². The van der Waals surface area contributed by atoms with Crippen LogP contribution in [-0.4, -0.2) is 10.9 Å². The number of hydrogen-bond acceptors (Lipinski definition) is 1. The zero-order valence-electron chi connectivity index (χ0n) is 13.7. The van der Waals surface area contributed by atoms with Crippen LogP contribution in [0.5, 0.6) is 0 Å². The van der Waals surface area contributed by atoms with Crippen LogP contribution in [0, 0.1) is 0 Å². The molecule has 0 saturated heterocycles. The van der Waals surface area contributed by atoms with Gasteiger partial charge in [0.2, 0.25) is 0 Å². The summed E-state index contributed by atoms with van der Waals surface area (Å²) in [4.78, 5) is 11.2. The van der Waals surface area contributed by atoms with E-state index in [0.29, 0.717) is 5.56 Å². The van der Waals surface area contributed by atoms with Gasteiger partial charge in [0.05, 0.1) is 11.0 Å². The Morgan fingerprint density at radius 1 is 0.875 bits per heavy atom. The Labute approximate surface area is 141 Å². The number of rotatable bonds is 4. The molecule has 0 amide bonds. The van der Waals surface area contributed by atoms with Crippen molar-refractivity contribution in [3.8, 4) is 5.69 Å². The summed E-state index contributed by atoms with van der Waals surface area (Å²) >= 11 is 0. The molecule has 1 heterocycles. The Morgan fingerprint density at radius 2 is 1.62 bits per heavy atom. The van der Waals surface area contributed by atoms with Crippen LogP contribution in [0.4, 0.5) is 0 Å². The summed E-state index contributed by atoms with van der Waals surface area (Å²) in [6, 6.07) is 22.9. The third-order valence-corrected chi connectivity index (χ3v) is 4.58. The molecule has 0 atom stereocenters. The first kappa shape index (κ1) is 14.7. The fourth-order valence-corrected chi connectivity index (χ4v) is 3.53. The number of nitrogens with zero attached hydrogens (tertiary/aromatic N) is 1. The van der Waals surface area contributed by atoms with E-state index >= 15 is 0 Å². The Hall–Kier alpha value is -2.87. The second-order valence-electron chi connectivity index (χ2n) is 6.13. The molecule has 0 aliphatic carbocycles. The highest BCUT2D eigenvalue weighted by molar-refractivity contribution is 6.10. The van der Waals surface area contributed by atoms with E-state index in [4.69, 9.17) is 0 Å². The first-order valence-electron chi connectivity index (χ1n) is 8.40. The van der Waals surface area contributed by atoms with Gasteiger partial charge in [-0.25, -0.2) is 0 Å². The molecule has 0 spiro atoms. The standard InChI is InChI=1S/C22H19NO/c1-2-7-17-8-3-5-10-20(17)23-21-11-6-4-9-18(21)19-14-16(15-24)12-13-22(19)23/h3-6,8-15H,2,7H2,1H3. The van der Waals surface area contributed by atoms with Gasteiger partial charge < -0.3 is 4.57 Å². The molecule has 1 aromatic heterocycles. The van der Waals surface area contributed by atoms with Crippen LogP contribution in [0.1, 0.15) is 29.3 Å². The van der Waals surface area contributed by atoms with Crippen molar-refractivity contribution in [3.63, 3.8) is 0 Å². The van der Waals surface area contributed by atoms with Crippen LogP contribution >= 0.6 is 0 Å². The van der Waals surface area contributed by atoms with E-state index < -0.39 is 0 Å². The smallest absolute Gasteiger partial charge is 0.150 e. The molecule has 0 fully saturated rings. The van der Waals surface area contributed by atoms with E-state index in [2.05, 4.69) is 66.1 Å². The number of fused-ring (bicyclic) bond motifs is 3. The second-order valence-corrected chi connectivity index (χ2v) is 6.13. The minimum Gasteiger partial charge on any atom is -0.309 e. The predicted octanol–water partition coefficient (Wildman–Crippen LogP) is 5.55. The van der Waals surface area contributed by atoms with E-state index in [1.807, 2.05) is 12.1 Å². The highest BCUT2D eigenvalue weighted by atomic mass is 16.1. The van der Waals surface area contributed by atoms with Gasteiger partial charge in [-0.05, 0) is 42.3 Å². The molecule has 0 radical (unpaired) electrons. The minimum absolute atomic E-state index is 0.715. The maximum absolute atomic E-state index is 11.2. The molecule has 2 nitrogen and oxygen atoms in total. The molecule has 0 bridgehead atoms. The van der Waals surface area contributed by atoms with Crippen molar-refractivity contribution >= 4 is 28.1 Å². The molecule has 0 saturated carbocycles. The lowest BCUT2D eigenvalue weighted by molar-refractivity contribution is 0.112. The van der Waals surface area contributed by atoms with Gasteiger partial charge in [-0.1, -0.05) is 49.7 Å². The molecular formula is C22H19NO. The monoisotopic (exact) mass is 313 g/mol. The van der Waals surface area contributed by atoms with Crippen molar-refractivity contribution in [2.24, 2.45) is 0 Å². The number of benzene rings is 3. The zero-order chi connectivity index (χ0) is 16.5. The van der Waals surface area contributed by atoms with Gasteiger partial charge in [0.15, 0.2) is 0 Å². The van der Waals surface area contributed by atoms with E-state index in [0.717, 1.165) is 30.0 Å². The summed E-state index contributed by atoms with van der Waals surface area (Å²) in [6.45, 7) is 2.21. The van der Waals surface area contributed by atoms with Gasteiger partial charge in [-0.2, -0.15) is 0 Å². The van der Waals surface area contributed by atoms with Gasteiger partial charge >= 0.3 is 0 Å². The number of carbonyl (C=O) groups is 1. The second kappa shape index (κ2) is 5.97. The van der Waals surface area contributed by atoms with Crippen molar-refractivity contribution in [3.05, 3.63) is 77.9 Å². The van der Waals surface area contributed by atoms with Gasteiger partial charge in [0.25, 0.3) is 0 Å². The van der Waals surface area contributed by atoms with Crippen LogP contribution in [0.3, 0.4) is 0 Å². The van der Waals surface area contributed by atoms with Crippen LogP contribution < -0.4 is 0 Å². The van der Waals surface area contributed by atoms with Crippen LogP contribution in [0.2, 0.25) is 0 Å². The lowest BCUT2D eigenvalue weighted by Crippen LogP contribution is -1.99. The molecule has 0 aliphatic rings. The first-order chi connectivity index (χ1) is 11.8. The summed E-state index contributed by atoms with van der Waals surface area (Å²) in [5, 5.41) is 2.31. The highest BCUT2D eigenvalue weighted by Gasteiger charge is 2.14. The molecule has 4 rings (SSSR count). The number of carbonyl (C=O) groups excluding carboxylic acids is 1. The van der Waals surface area contributed by atoms with Gasteiger partial charge in [-0.15, -0.1) is 0 Å². The molecular weight excluding hydrogens is 294 g/mol. The third-order valence-electron chi connectivity index (χ3n) is 4.58. The van der Waals surface area contributed by atoms with Gasteiger partial charge in [0, 0.05) is 22.0 Å². The average molecular weight is 313 g/mol. The summed E-state index contributed by atoms with van der Waals surface area (Å²) < 4.78 is 2.32. The van der Waals surface area contributed by atoms with Crippen molar-refractivity contribution in [2.75, 3.05) is 0 Å². The number of para-hydroxylation sites is 2. The van der Waals surface area contributed by atoms with Gasteiger partial charge in [-0.3, -0.25) is 4.79 Å². The van der Waals surface area contributed by atoms with Crippen LogP contribution in [-0.2, 0) is 6.42 Å². The Balaban J connectivity index is 2.13. The van der Waals surface area contributed by atoms with Gasteiger partial charge in [0.1, 0.15) is 6.29 Å². The fraction of sp³-hybridized carbons (Fsp3) is 0.136. The third kappa shape index (κ3) is 2.23. The SMILES string of the molecule is CCCc1ccccc1-n1c2ccccc2c2cc(C=O)ccc21. The molecule has 0 unspecified atom stereocenters. The summed E-state index contributed by atoms with van der Waals surface area (Å²) in [5.74, 6) is 0. The summed E-state index contributed by atoms with van der Waals surface area (Å²) in [7, 11) is 0. The number of hydrogen-bond donors (Lipinski definition) is 0. The van der Waals surface area contributed by atoms with E-state index in [1.54, 1.807) is 0 Å². The lowest BCUT2D eigenvalue weighted by Gasteiger charge is -2.13. The summed E-state index contributed by atoms with van der Waals surface area (Å²) in [5.41, 5.74) is 5.61. The topological polar surface area (TPSA) is 22.0 Å². The maximum atomic E-state index is 11.2. The normalized spacial score (nSPS) is 11.2. The van der Waals surface area contributed by atoms with Crippen molar-refractivity contribution in [1.29, 1.82) is 0 Å². The number of aromatic nitrogens is 1. The average Bonchev–Trinajstić information content (AvgIpc) is 2.96. The maximum Gasteiger partial charge on any atom is 0.150 e. The largest absolute Gasteiger partial charge is 0.309 e. The minimum atomic E-state index is 0.715. The first-order valence-corrected chi connectivity index (χ1v) is 8.40. The Bertz CT molecular complexity index is 1040. The quantitative estimate of drug-likeness (QED) is 0.453. The zero-order valence-corrected chi connectivity index (χ0v) is 13.7. The molecule has 3 aromatic carbocycles. The van der Waals surface area contributed by atoms with Crippen LogP contribution in [0.25, 0.3) is 27.5 Å².